The molecule has 0 unspecified atom stereocenters. The van der Waals surface area contributed by atoms with Crippen molar-refractivity contribution in [1.82, 2.24) is 15.1 Å². The maximum atomic E-state index is 12.3. The minimum Gasteiger partial charge on any atom is -0.395 e. The van der Waals surface area contributed by atoms with Crippen LogP contribution in [0.25, 0.3) is 0 Å². The van der Waals surface area contributed by atoms with Gasteiger partial charge in [0.1, 0.15) is 0 Å². The molecular formula is C17H25N3O2. The van der Waals surface area contributed by atoms with Crippen molar-refractivity contribution in [2.45, 2.75) is 18.8 Å². The molecule has 0 radical (unpaired) electrons. The Balaban J connectivity index is 1.46. The highest BCUT2D eigenvalue weighted by molar-refractivity contribution is 5.74. The number of benzene rings is 1. The third kappa shape index (κ3) is 3.42. The summed E-state index contributed by atoms with van der Waals surface area (Å²) in [5.41, 5.74) is 2.83. The fourth-order valence-corrected chi connectivity index (χ4v) is 3.50. The number of hydrogen-bond acceptors (Lipinski definition) is 3. The van der Waals surface area contributed by atoms with E-state index in [0.717, 1.165) is 45.6 Å². The van der Waals surface area contributed by atoms with Gasteiger partial charge in [-0.3, -0.25) is 4.90 Å². The van der Waals surface area contributed by atoms with Gasteiger partial charge in [-0.15, -0.1) is 0 Å². The van der Waals surface area contributed by atoms with Gasteiger partial charge in [0.15, 0.2) is 0 Å². The quantitative estimate of drug-likeness (QED) is 0.874. The minimum atomic E-state index is 0.0491. The number of carbonyl (C=O) groups excluding carboxylic acids is 1. The number of nitrogens with zero attached hydrogens (tertiary/aromatic N) is 2. The average Bonchev–Trinajstić information content (AvgIpc) is 2.97. The molecule has 3 rings (SSSR count). The molecule has 0 bridgehead atoms. The maximum absolute atomic E-state index is 12.3. The number of piperazine rings is 1. The van der Waals surface area contributed by atoms with E-state index in [9.17, 15) is 4.79 Å². The molecule has 1 heterocycles. The van der Waals surface area contributed by atoms with E-state index in [1.54, 1.807) is 0 Å². The van der Waals surface area contributed by atoms with Gasteiger partial charge in [0.2, 0.25) is 0 Å². The number of hydrogen-bond donors (Lipinski definition) is 2. The Morgan fingerprint density at radius 1 is 1.23 bits per heavy atom. The van der Waals surface area contributed by atoms with Crippen molar-refractivity contribution < 1.29 is 9.90 Å². The molecule has 2 aliphatic rings. The number of aliphatic hydroxyl groups excluding tert-OH is 1. The van der Waals surface area contributed by atoms with Crippen molar-refractivity contribution in [2.24, 2.45) is 0 Å². The monoisotopic (exact) mass is 303 g/mol. The molecule has 5 nitrogen and oxygen atoms in total. The molecule has 120 valence electrons. The average molecular weight is 303 g/mol. The fraction of sp³-hybridized carbons (Fsp3) is 0.588. The Morgan fingerprint density at radius 2 is 2.00 bits per heavy atom. The first kappa shape index (κ1) is 15.3. The lowest BCUT2D eigenvalue weighted by Gasteiger charge is -2.34. The maximum Gasteiger partial charge on any atom is 0.317 e. The molecule has 1 fully saturated rings. The number of amides is 2. The molecule has 1 saturated heterocycles. The molecule has 0 spiro atoms. The number of carbonyl (C=O) groups is 1. The Morgan fingerprint density at radius 3 is 2.77 bits per heavy atom. The Bertz CT molecular complexity index is 512. The number of aryl methyl sites for hydroxylation is 1. The van der Waals surface area contributed by atoms with Crippen molar-refractivity contribution in [2.75, 3.05) is 45.9 Å². The van der Waals surface area contributed by atoms with Crippen molar-refractivity contribution in [3.05, 3.63) is 35.4 Å². The van der Waals surface area contributed by atoms with Gasteiger partial charge in [0.25, 0.3) is 0 Å². The summed E-state index contributed by atoms with van der Waals surface area (Å²) < 4.78 is 0. The van der Waals surface area contributed by atoms with E-state index >= 15 is 0 Å². The van der Waals surface area contributed by atoms with E-state index in [1.165, 1.54) is 11.1 Å². The Hall–Kier alpha value is -1.59. The molecule has 22 heavy (non-hydrogen) atoms. The van der Waals surface area contributed by atoms with Crippen LogP contribution in [-0.2, 0) is 6.42 Å². The summed E-state index contributed by atoms with van der Waals surface area (Å²) >= 11 is 0. The summed E-state index contributed by atoms with van der Waals surface area (Å²) in [6.45, 7) is 4.80. The first-order chi connectivity index (χ1) is 10.8. The summed E-state index contributed by atoms with van der Waals surface area (Å²) in [7, 11) is 0. The lowest BCUT2D eigenvalue weighted by Crippen LogP contribution is -2.52. The standard InChI is InChI=1S/C17H25N3O2/c21-12-11-19-7-9-20(10-8-19)17(22)18-13-15-6-5-14-3-1-2-4-16(14)15/h1-4,15,21H,5-13H2,(H,18,22)/t15-/m0/s1. The van der Waals surface area contributed by atoms with E-state index in [1.807, 2.05) is 4.90 Å². The second-order valence-electron chi connectivity index (χ2n) is 6.17. The van der Waals surface area contributed by atoms with Crippen molar-refractivity contribution in [3.63, 3.8) is 0 Å². The Labute approximate surface area is 131 Å². The predicted octanol–water partition coefficient (Wildman–Crippen LogP) is 1.04. The van der Waals surface area contributed by atoms with Crippen LogP contribution in [0.1, 0.15) is 23.5 Å². The normalized spacial score (nSPS) is 21.7. The van der Waals surface area contributed by atoms with Crippen LogP contribution >= 0.6 is 0 Å². The zero-order chi connectivity index (χ0) is 15.4. The largest absolute Gasteiger partial charge is 0.395 e. The topological polar surface area (TPSA) is 55.8 Å². The van der Waals surface area contributed by atoms with Gasteiger partial charge in [-0.25, -0.2) is 4.79 Å². The molecule has 1 atom stereocenters. The third-order valence-corrected chi connectivity index (χ3v) is 4.83. The highest BCUT2D eigenvalue weighted by Gasteiger charge is 2.24. The molecule has 2 amide bonds. The van der Waals surface area contributed by atoms with Crippen LogP contribution in [0.15, 0.2) is 24.3 Å². The minimum absolute atomic E-state index is 0.0491. The van der Waals surface area contributed by atoms with E-state index in [-0.39, 0.29) is 12.6 Å². The third-order valence-electron chi connectivity index (χ3n) is 4.83. The lowest BCUT2D eigenvalue weighted by atomic mass is 10.0. The smallest absolute Gasteiger partial charge is 0.317 e. The zero-order valence-corrected chi connectivity index (χ0v) is 13.0. The van der Waals surface area contributed by atoms with Gasteiger partial charge >= 0.3 is 6.03 Å². The van der Waals surface area contributed by atoms with E-state index in [4.69, 9.17) is 5.11 Å². The summed E-state index contributed by atoms with van der Waals surface area (Å²) in [5.74, 6) is 0.454. The molecule has 0 aromatic heterocycles. The Kier molecular flexibility index (Phi) is 4.95. The van der Waals surface area contributed by atoms with Crippen molar-refractivity contribution in [3.8, 4) is 0 Å². The van der Waals surface area contributed by atoms with Crippen LogP contribution < -0.4 is 5.32 Å². The van der Waals surface area contributed by atoms with Crippen LogP contribution in [0.5, 0.6) is 0 Å². The molecule has 1 aromatic carbocycles. The highest BCUT2D eigenvalue weighted by Crippen LogP contribution is 2.32. The number of aliphatic hydroxyl groups is 1. The summed E-state index contributed by atoms with van der Waals surface area (Å²) in [4.78, 5) is 16.4. The van der Waals surface area contributed by atoms with Gasteiger partial charge in [-0.2, -0.15) is 0 Å². The van der Waals surface area contributed by atoms with Gasteiger partial charge in [-0.05, 0) is 24.0 Å². The lowest BCUT2D eigenvalue weighted by molar-refractivity contribution is 0.122. The highest BCUT2D eigenvalue weighted by atomic mass is 16.3. The predicted molar refractivity (Wildman–Crippen MR) is 86.0 cm³/mol. The van der Waals surface area contributed by atoms with Gasteiger partial charge in [0.05, 0.1) is 6.61 Å². The number of urea groups is 1. The van der Waals surface area contributed by atoms with Crippen LogP contribution in [0.2, 0.25) is 0 Å². The SMILES string of the molecule is O=C(NC[C@@H]1CCc2ccccc21)N1CCN(CCO)CC1. The summed E-state index contributed by atoms with van der Waals surface area (Å²) in [6, 6.07) is 8.60. The van der Waals surface area contributed by atoms with E-state index in [0.29, 0.717) is 12.5 Å². The second kappa shape index (κ2) is 7.11. The molecule has 0 saturated carbocycles. The summed E-state index contributed by atoms with van der Waals surface area (Å²) in [6.07, 6.45) is 2.25. The van der Waals surface area contributed by atoms with Gasteiger partial charge in [0, 0.05) is 45.2 Å². The van der Waals surface area contributed by atoms with Crippen molar-refractivity contribution in [1.29, 1.82) is 0 Å². The molecule has 1 aromatic rings. The number of rotatable bonds is 4. The van der Waals surface area contributed by atoms with Crippen molar-refractivity contribution >= 4 is 6.03 Å². The fourth-order valence-electron chi connectivity index (χ4n) is 3.50. The first-order valence-corrected chi connectivity index (χ1v) is 8.21. The van der Waals surface area contributed by atoms with Gasteiger partial charge in [-0.1, -0.05) is 24.3 Å². The van der Waals surface area contributed by atoms with E-state index < -0.39 is 0 Å². The molecular weight excluding hydrogens is 278 g/mol. The second-order valence-corrected chi connectivity index (χ2v) is 6.17. The first-order valence-electron chi connectivity index (χ1n) is 8.21. The molecule has 1 aliphatic heterocycles. The number of β-amino-alcohol motifs (C(OH)–C–C–N with tert-alkyl or cyclic N) is 1. The molecule has 2 N–H and O–H groups in total. The number of nitrogens with one attached hydrogen (secondary N) is 1. The van der Waals surface area contributed by atoms with Crippen LogP contribution in [0.3, 0.4) is 0 Å². The van der Waals surface area contributed by atoms with Crippen LogP contribution in [-0.4, -0.2) is 66.8 Å². The molecule has 1 aliphatic carbocycles. The zero-order valence-electron chi connectivity index (χ0n) is 13.0. The van der Waals surface area contributed by atoms with Crippen LogP contribution in [0.4, 0.5) is 4.79 Å². The molecule has 5 heteroatoms. The van der Waals surface area contributed by atoms with Gasteiger partial charge < -0.3 is 15.3 Å². The number of fused-ring (bicyclic) bond motifs is 1. The van der Waals surface area contributed by atoms with Crippen LogP contribution in [0, 0.1) is 0 Å². The van der Waals surface area contributed by atoms with E-state index in [2.05, 4.69) is 34.5 Å². The summed E-state index contributed by atoms with van der Waals surface area (Å²) in [5, 5.41) is 12.0.